The van der Waals surface area contributed by atoms with Crippen LogP contribution in [0.5, 0.6) is 0 Å². The summed E-state index contributed by atoms with van der Waals surface area (Å²) >= 11 is 0. The second-order valence-corrected chi connectivity index (χ2v) is 8.08. The van der Waals surface area contributed by atoms with E-state index in [1.165, 1.54) is 11.1 Å². The number of carbonyl (C=O) groups excluding carboxylic acids is 1. The van der Waals surface area contributed by atoms with Crippen LogP contribution in [0.1, 0.15) is 59.7 Å². The van der Waals surface area contributed by atoms with Gasteiger partial charge in [-0.15, -0.1) is 0 Å². The lowest BCUT2D eigenvalue weighted by molar-refractivity contribution is -0.0576. The summed E-state index contributed by atoms with van der Waals surface area (Å²) in [6, 6.07) is 16.9. The quantitative estimate of drug-likeness (QED) is 0.761. The number of benzene rings is 2. The van der Waals surface area contributed by atoms with Crippen molar-refractivity contribution >= 4 is 5.97 Å². The minimum Gasteiger partial charge on any atom is -0.455 e. The van der Waals surface area contributed by atoms with E-state index in [9.17, 15) is 4.79 Å². The van der Waals surface area contributed by atoms with E-state index in [1.54, 1.807) is 0 Å². The van der Waals surface area contributed by atoms with Crippen LogP contribution in [0.15, 0.2) is 48.5 Å². The van der Waals surface area contributed by atoms with Crippen molar-refractivity contribution in [1.82, 2.24) is 4.90 Å². The van der Waals surface area contributed by atoms with Crippen LogP contribution >= 0.6 is 0 Å². The Morgan fingerprint density at radius 3 is 2.50 bits per heavy atom. The van der Waals surface area contributed by atoms with Gasteiger partial charge in [0, 0.05) is 38.9 Å². The van der Waals surface area contributed by atoms with Crippen LogP contribution in [0.3, 0.4) is 0 Å². The molecule has 0 radical (unpaired) electrons. The van der Waals surface area contributed by atoms with Crippen molar-refractivity contribution in [3.05, 3.63) is 70.8 Å². The van der Waals surface area contributed by atoms with Gasteiger partial charge in [0.1, 0.15) is 5.60 Å². The molecule has 0 amide bonds. The molecule has 0 aliphatic carbocycles. The lowest BCUT2D eigenvalue weighted by Crippen LogP contribution is -2.50. The highest BCUT2D eigenvalue weighted by Gasteiger charge is 2.42. The zero-order chi connectivity index (χ0) is 18.1. The minimum absolute atomic E-state index is 0.134. The van der Waals surface area contributed by atoms with Gasteiger partial charge in [-0.25, -0.2) is 4.79 Å². The number of likely N-dealkylation sites (tertiary alicyclic amines) is 1. The lowest BCUT2D eigenvalue weighted by Gasteiger charge is -2.43. The van der Waals surface area contributed by atoms with Crippen molar-refractivity contribution in [2.75, 3.05) is 13.1 Å². The first kappa shape index (κ1) is 17.3. The molecule has 2 aromatic carbocycles. The van der Waals surface area contributed by atoms with E-state index in [4.69, 9.17) is 4.74 Å². The molecule has 0 bridgehead atoms. The van der Waals surface area contributed by atoms with Crippen LogP contribution < -0.4 is 0 Å². The smallest absolute Gasteiger partial charge is 0.338 e. The molecule has 3 nitrogen and oxygen atoms in total. The van der Waals surface area contributed by atoms with E-state index < -0.39 is 0 Å². The standard InChI is InChI=1S/C23H27NO2/c1-17(2)19-8-9-20-15-23(26-22(25)21(20)14-19)10-12-24(13-11-23)16-18-6-4-3-5-7-18/h3-9,14,17H,10-13,15-16H2,1-2H3. The minimum atomic E-state index is -0.309. The Balaban J connectivity index is 1.45. The zero-order valence-corrected chi connectivity index (χ0v) is 15.7. The molecule has 0 saturated carbocycles. The number of carbonyl (C=O) groups is 1. The molecule has 2 aromatic rings. The van der Waals surface area contributed by atoms with Crippen molar-refractivity contribution < 1.29 is 9.53 Å². The molecule has 136 valence electrons. The van der Waals surface area contributed by atoms with E-state index in [-0.39, 0.29) is 11.6 Å². The molecular formula is C23H27NO2. The van der Waals surface area contributed by atoms with Crippen LogP contribution in [0.4, 0.5) is 0 Å². The normalized spacial score (nSPS) is 19.4. The highest BCUT2D eigenvalue weighted by atomic mass is 16.6. The van der Waals surface area contributed by atoms with Gasteiger partial charge < -0.3 is 4.74 Å². The van der Waals surface area contributed by atoms with Gasteiger partial charge in [-0.1, -0.05) is 56.3 Å². The van der Waals surface area contributed by atoms with Gasteiger partial charge in [-0.2, -0.15) is 0 Å². The number of fused-ring (bicyclic) bond motifs is 1. The Morgan fingerprint density at radius 1 is 1.08 bits per heavy atom. The Bertz CT molecular complexity index is 789. The SMILES string of the molecule is CC(C)c1ccc2c(c1)C(=O)OC1(CCN(Cc3ccccc3)CC1)C2. The largest absolute Gasteiger partial charge is 0.455 e. The predicted octanol–water partition coefficient (Wildman–Crippen LogP) is 4.56. The van der Waals surface area contributed by atoms with Crippen LogP contribution in [0.2, 0.25) is 0 Å². The number of ether oxygens (including phenoxy) is 1. The van der Waals surface area contributed by atoms with E-state index in [1.807, 2.05) is 6.07 Å². The Labute approximate surface area is 156 Å². The summed E-state index contributed by atoms with van der Waals surface area (Å²) in [6.07, 6.45) is 2.68. The fraction of sp³-hybridized carbons (Fsp3) is 0.435. The summed E-state index contributed by atoms with van der Waals surface area (Å²) in [5.74, 6) is 0.287. The molecule has 1 fully saturated rings. The van der Waals surface area contributed by atoms with Crippen molar-refractivity contribution in [3.63, 3.8) is 0 Å². The Morgan fingerprint density at radius 2 is 1.81 bits per heavy atom. The summed E-state index contributed by atoms with van der Waals surface area (Å²) in [5, 5.41) is 0. The highest BCUT2D eigenvalue weighted by molar-refractivity contribution is 5.92. The maximum Gasteiger partial charge on any atom is 0.338 e. The van der Waals surface area contributed by atoms with Crippen LogP contribution in [0.25, 0.3) is 0 Å². The number of rotatable bonds is 3. The van der Waals surface area contributed by atoms with Crippen molar-refractivity contribution in [2.45, 2.75) is 51.2 Å². The monoisotopic (exact) mass is 349 g/mol. The fourth-order valence-electron chi connectivity index (χ4n) is 4.17. The molecular weight excluding hydrogens is 322 g/mol. The molecule has 4 rings (SSSR count). The topological polar surface area (TPSA) is 29.5 Å². The average molecular weight is 349 g/mol. The molecule has 0 unspecified atom stereocenters. The molecule has 0 aromatic heterocycles. The first-order valence-corrected chi connectivity index (χ1v) is 9.67. The van der Waals surface area contributed by atoms with Gasteiger partial charge in [0.2, 0.25) is 0 Å². The number of esters is 1. The molecule has 2 aliphatic rings. The van der Waals surface area contributed by atoms with E-state index >= 15 is 0 Å². The van der Waals surface area contributed by atoms with Gasteiger partial charge >= 0.3 is 5.97 Å². The zero-order valence-electron chi connectivity index (χ0n) is 15.7. The second-order valence-electron chi connectivity index (χ2n) is 8.08. The van der Waals surface area contributed by atoms with Crippen LogP contribution in [-0.2, 0) is 17.7 Å². The maximum absolute atomic E-state index is 12.7. The molecule has 2 heterocycles. The van der Waals surface area contributed by atoms with Crippen molar-refractivity contribution in [3.8, 4) is 0 Å². The van der Waals surface area contributed by atoms with Crippen LogP contribution in [0, 0.1) is 0 Å². The van der Waals surface area contributed by atoms with Crippen molar-refractivity contribution in [2.24, 2.45) is 0 Å². The third-order valence-corrected chi connectivity index (χ3v) is 5.86. The van der Waals surface area contributed by atoms with Crippen LogP contribution in [-0.4, -0.2) is 29.6 Å². The van der Waals surface area contributed by atoms with Gasteiger partial charge in [0.05, 0.1) is 5.56 Å². The average Bonchev–Trinajstić information content (AvgIpc) is 2.64. The summed E-state index contributed by atoms with van der Waals surface area (Å²) in [6.45, 7) is 7.22. The molecule has 3 heteroatoms. The Kier molecular flexibility index (Phi) is 4.58. The van der Waals surface area contributed by atoms with Crippen molar-refractivity contribution in [1.29, 1.82) is 0 Å². The van der Waals surface area contributed by atoms with Gasteiger partial charge in [-0.05, 0) is 28.7 Å². The molecule has 0 N–H and O–H groups in total. The summed E-state index contributed by atoms with van der Waals surface area (Å²) in [4.78, 5) is 15.1. The first-order chi connectivity index (χ1) is 12.5. The fourth-order valence-corrected chi connectivity index (χ4v) is 4.17. The van der Waals surface area contributed by atoms with E-state index in [2.05, 4.69) is 61.2 Å². The number of piperidine rings is 1. The first-order valence-electron chi connectivity index (χ1n) is 9.67. The molecule has 1 spiro atoms. The second kappa shape index (κ2) is 6.88. The summed E-state index contributed by atoms with van der Waals surface area (Å²) in [5.41, 5.74) is 4.16. The molecule has 26 heavy (non-hydrogen) atoms. The molecule has 1 saturated heterocycles. The highest BCUT2D eigenvalue weighted by Crippen LogP contribution is 2.37. The van der Waals surface area contributed by atoms with Gasteiger partial charge in [-0.3, -0.25) is 4.90 Å². The third kappa shape index (κ3) is 3.41. The summed E-state index contributed by atoms with van der Waals surface area (Å²) < 4.78 is 6.01. The van der Waals surface area contributed by atoms with Gasteiger partial charge in [0.25, 0.3) is 0 Å². The predicted molar refractivity (Wildman–Crippen MR) is 103 cm³/mol. The van der Waals surface area contributed by atoms with E-state index in [0.29, 0.717) is 5.92 Å². The molecule has 2 aliphatic heterocycles. The Hall–Kier alpha value is -2.13. The third-order valence-electron chi connectivity index (χ3n) is 5.86. The number of nitrogens with zero attached hydrogens (tertiary/aromatic N) is 1. The number of hydrogen-bond donors (Lipinski definition) is 0. The van der Waals surface area contributed by atoms with Gasteiger partial charge in [0.15, 0.2) is 0 Å². The molecule has 0 atom stereocenters. The maximum atomic E-state index is 12.7. The summed E-state index contributed by atoms with van der Waals surface area (Å²) in [7, 11) is 0. The lowest BCUT2D eigenvalue weighted by atomic mass is 9.80. The van der Waals surface area contributed by atoms with E-state index in [0.717, 1.165) is 50.0 Å². The number of hydrogen-bond acceptors (Lipinski definition) is 3.